The van der Waals surface area contributed by atoms with Crippen molar-refractivity contribution in [3.63, 3.8) is 0 Å². The molecule has 3 heterocycles. The summed E-state index contributed by atoms with van der Waals surface area (Å²) in [4.78, 5) is 36.7. The molecule has 2 aliphatic heterocycles. The van der Waals surface area contributed by atoms with Gasteiger partial charge in [0.05, 0.1) is 5.69 Å². The van der Waals surface area contributed by atoms with Crippen molar-refractivity contribution in [1.82, 2.24) is 19.7 Å². The van der Waals surface area contributed by atoms with E-state index < -0.39 is 0 Å². The second-order valence-electron chi connectivity index (χ2n) is 9.15. The number of pyridine rings is 1. The number of rotatable bonds is 4. The standard InChI is InChI=1S/C28H29ClN4O2/c29-26-20-23(19-25(30-26)21-7-3-1-4-8-21)28(35)33-17-15-31(16-18-33)24-11-13-32(14-12-24)27(34)22-9-5-2-6-10-22/h1-10,19-20,24H,11-18H2. The first kappa shape index (κ1) is 23.5. The van der Waals surface area contributed by atoms with Crippen molar-refractivity contribution >= 4 is 23.4 Å². The molecule has 180 valence electrons. The van der Waals surface area contributed by atoms with Gasteiger partial charge < -0.3 is 9.80 Å². The van der Waals surface area contributed by atoms with Gasteiger partial charge in [-0.3, -0.25) is 14.5 Å². The van der Waals surface area contributed by atoms with Crippen molar-refractivity contribution in [2.75, 3.05) is 39.3 Å². The lowest BCUT2D eigenvalue weighted by Gasteiger charge is -2.42. The third kappa shape index (κ3) is 5.39. The van der Waals surface area contributed by atoms with Gasteiger partial charge in [-0.25, -0.2) is 4.98 Å². The molecule has 0 N–H and O–H groups in total. The highest BCUT2D eigenvalue weighted by Gasteiger charge is 2.31. The van der Waals surface area contributed by atoms with Gasteiger partial charge in [0.25, 0.3) is 11.8 Å². The number of carbonyl (C=O) groups is 2. The SMILES string of the molecule is O=C(c1ccccc1)N1CCC(N2CCN(C(=O)c3cc(Cl)nc(-c4ccccc4)c3)CC2)CC1. The first-order valence-corrected chi connectivity index (χ1v) is 12.6. The Morgan fingerprint density at radius 1 is 0.714 bits per heavy atom. The fraction of sp³-hybridized carbons (Fsp3) is 0.321. The molecule has 0 bridgehead atoms. The Bertz CT molecular complexity index is 1170. The lowest BCUT2D eigenvalue weighted by Crippen LogP contribution is -2.54. The number of carbonyl (C=O) groups excluding carboxylic acids is 2. The predicted octanol–water partition coefficient (Wildman–Crippen LogP) is 4.46. The summed E-state index contributed by atoms with van der Waals surface area (Å²) in [7, 11) is 0. The van der Waals surface area contributed by atoms with E-state index in [9.17, 15) is 9.59 Å². The fourth-order valence-electron chi connectivity index (χ4n) is 5.05. The molecule has 0 saturated carbocycles. The fourth-order valence-corrected chi connectivity index (χ4v) is 5.26. The summed E-state index contributed by atoms with van der Waals surface area (Å²) in [6.07, 6.45) is 1.93. The van der Waals surface area contributed by atoms with Crippen LogP contribution < -0.4 is 0 Å². The number of aromatic nitrogens is 1. The predicted molar refractivity (Wildman–Crippen MR) is 138 cm³/mol. The molecular weight excluding hydrogens is 460 g/mol. The second kappa shape index (κ2) is 10.6. The number of nitrogens with zero attached hydrogens (tertiary/aromatic N) is 4. The summed E-state index contributed by atoms with van der Waals surface area (Å²) >= 11 is 6.26. The molecule has 35 heavy (non-hydrogen) atoms. The van der Waals surface area contributed by atoms with Gasteiger partial charge >= 0.3 is 0 Å². The van der Waals surface area contributed by atoms with Crippen LogP contribution in [-0.4, -0.2) is 76.8 Å². The quantitative estimate of drug-likeness (QED) is 0.509. The van der Waals surface area contributed by atoms with Crippen molar-refractivity contribution in [3.05, 3.63) is 89.1 Å². The van der Waals surface area contributed by atoms with E-state index in [-0.39, 0.29) is 11.8 Å². The summed E-state index contributed by atoms with van der Waals surface area (Å²) in [6.45, 7) is 4.59. The minimum atomic E-state index is -0.00518. The first-order valence-electron chi connectivity index (χ1n) is 12.2. The topological polar surface area (TPSA) is 56.8 Å². The zero-order valence-corrected chi connectivity index (χ0v) is 20.4. The average Bonchev–Trinajstić information content (AvgIpc) is 2.93. The Balaban J connectivity index is 1.16. The Kier molecular flexibility index (Phi) is 7.11. The smallest absolute Gasteiger partial charge is 0.254 e. The third-order valence-corrected chi connectivity index (χ3v) is 7.19. The van der Waals surface area contributed by atoms with E-state index >= 15 is 0 Å². The lowest BCUT2D eigenvalue weighted by atomic mass is 10.0. The maximum absolute atomic E-state index is 13.2. The molecule has 2 aromatic carbocycles. The van der Waals surface area contributed by atoms with Crippen LogP contribution in [0.5, 0.6) is 0 Å². The molecule has 1 aromatic heterocycles. The number of amides is 2. The molecule has 6 nitrogen and oxygen atoms in total. The molecule has 2 aliphatic rings. The number of halogens is 1. The summed E-state index contributed by atoms with van der Waals surface area (Å²) in [5, 5.41) is 0.324. The van der Waals surface area contributed by atoms with Gasteiger partial charge in [-0.2, -0.15) is 0 Å². The molecular formula is C28H29ClN4O2. The van der Waals surface area contributed by atoms with Crippen LogP contribution in [0.2, 0.25) is 5.15 Å². The molecule has 0 spiro atoms. The van der Waals surface area contributed by atoms with E-state index in [0.717, 1.165) is 50.1 Å². The summed E-state index contributed by atoms with van der Waals surface area (Å²) in [5.41, 5.74) is 2.97. The van der Waals surface area contributed by atoms with Crippen LogP contribution in [-0.2, 0) is 0 Å². The highest BCUT2D eigenvalue weighted by molar-refractivity contribution is 6.30. The summed E-state index contributed by atoms with van der Waals surface area (Å²) in [5.74, 6) is 0.111. The minimum Gasteiger partial charge on any atom is -0.339 e. The van der Waals surface area contributed by atoms with Gasteiger partial charge in [0, 0.05) is 62.0 Å². The zero-order valence-electron chi connectivity index (χ0n) is 19.6. The number of piperidine rings is 1. The highest BCUT2D eigenvalue weighted by Crippen LogP contribution is 2.24. The molecule has 0 radical (unpaired) electrons. The van der Waals surface area contributed by atoms with Crippen molar-refractivity contribution in [3.8, 4) is 11.3 Å². The van der Waals surface area contributed by atoms with Gasteiger partial charge in [0.1, 0.15) is 5.15 Å². The molecule has 3 aromatic rings. The van der Waals surface area contributed by atoms with E-state index in [2.05, 4.69) is 9.88 Å². The maximum atomic E-state index is 13.2. The molecule has 0 unspecified atom stereocenters. The molecule has 5 rings (SSSR count). The Morgan fingerprint density at radius 2 is 1.29 bits per heavy atom. The number of likely N-dealkylation sites (tertiary alicyclic amines) is 1. The normalized spacial score (nSPS) is 17.4. The molecule has 2 saturated heterocycles. The molecule has 0 aliphatic carbocycles. The van der Waals surface area contributed by atoms with Crippen LogP contribution in [0.15, 0.2) is 72.8 Å². The van der Waals surface area contributed by atoms with Gasteiger partial charge in [-0.15, -0.1) is 0 Å². The van der Waals surface area contributed by atoms with Gasteiger partial charge in [0.2, 0.25) is 0 Å². The largest absolute Gasteiger partial charge is 0.339 e. The molecule has 0 atom stereocenters. The minimum absolute atomic E-state index is 0.00518. The van der Waals surface area contributed by atoms with Crippen LogP contribution in [0.4, 0.5) is 0 Å². The van der Waals surface area contributed by atoms with Crippen LogP contribution in [0.3, 0.4) is 0 Å². The van der Waals surface area contributed by atoms with Crippen LogP contribution in [0.1, 0.15) is 33.6 Å². The van der Waals surface area contributed by atoms with E-state index in [4.69, 9.17) is 11.6 Å². The van der Waals surface area contributed by atoms with Crippen molar-refractivity contribution < 1.29 is 9.59 Å². The maximum Gasteiger partial charge on any atom is 0.254 e. The van der Waals surface area contributed by atoms with Crippen molar-refractivity contribution in [2.45, 2.75) is 18.9 Å². The number of hydrogen-bond acceptors (Lipinski definition) is 4. The lowest BCUT2D eigenvalue weighted by molar-refractivity contribution is 0.0412. The number of benzene rings is 2. The second-order valence-corrected chi connectivity index (χ2v) is 9.53. The monoisotopic (exact) mass is 488 g/mol. The third-order valence-electron chi connectivity index (χ3n) is 7.00. The number of hydrogen-bond donors (Lipinski definition) is 0. The summed E-state index contributed by atoms with van der Waals surface area (Å²) < 4.78 is 0. The highest BCUT2D eigenvalue weighted by atomic mass is 35.5. The van der Waals surface area contributed by atoms with Crippen LogP contribution >= 0.6 is 11.6 Å². The zero-order chi connectivity index (χ0) is 24.2. The first-order chi connectivity index (χ1) is 17.1. The summed E-state index contributed by atoms with van der Waals surface area (Å²) in [6, 6.07) is 23.2. The van der Waals surface area contributed by atoms with E-state index in [1.54, 1.807) is 6.07 Å². The van der Waals surface area contributed by atoms with E-state index in [0.29, 0.717) is 35.5 Å². The van der Waals surface area contributed by atoms with Crippen molar-refractivity contribution in [2.24, 2.45) is 0 Å². The van der Waals surface area contributed by atoms with E-state index in [1.807, 2.05) is 76.5 Å². The van der Waals surface area contributed by atoms with E-state index in [1.165, 1.54) is 0 Å². The molecule has 7 heteroatoms. The average molecular weight is 489 g/mol. The molecule has 2 fully saturated rings. The Labute approximate surface area is 211 Å². The van der Waals surface area contributed by atoms with Gasteiger partial charge in [-0.05, 0) is 37.1 Å². The Morgan fingerprint density at radius 3 is 1.94 bits per heavy atom. The van der Waals surface area contributed by atoms with Gasteiger partial charge in [-0.1, -0.05) is 60.1 Å². The van der Waals surface area contributed by atoms with Crippen molar-refractivity contribution in [1.29, 1.82) is 0 Å². The van der Waals surface area contributed by atoms with Crippen LogP contribution in [0, 0.1) is 0 Å². The van der Waals surface area contributed by atoms with Crippen LogP contribution in [0.25, 0.3) is 11.3 Å². The Hall–Kier alpha value is -3.22. The van der Waals surface area contributed by atoms with Gasteiger partial charge in [0.15, 0.2) is 0 Å². The molecule has 2 amide bonds. The number of piperazine rings is 1.